The van der Waals surface area contributed by atoms with E-state index in [1.807, 2.05) is 0 Å². The molecule has 1 saturated heterocycles. The van der Waals surface area contributed by atoms with Gasteiger partial charge in [0.05, 0.1) is 11.5 Å². The van der Waals surface area contributed by atoms with Crippen molar-refractivity contribution in [3.8, 4) is 0 Å². The van der Waals surface area contributed by atoms with Gasteiger partial charge in [-0.3, -0.25) is 0 Å². The highest BCUT2D eigenvalue weighted by Crippen LogP contribution is 2.26. The lowest BCUT2D eigenvalue weighted by atomic mass is 10.1. The summed E-state index contributed by atoms with van der Waals surface area (Å²) in [4.78, 5) is 0. The predicted molar refractivity (Wildman–Crippen MR) is 73.8 cm³/mol. The summed E-state index contributed by atoms with van der Waals surface area (Å²) in [5.74, 6) is 0.658. The molecule has 98 valence electrons. The van der Waals surface area contributed by atoms with E-state index in [1.54, 1.807) is 0 Å². The Morgan fingerprint density at radius 1 is 1.06 bits per heavy atom. The molecule has 4 heteroatoms. The summed E-state index contributed by atoms with van der Waals surface area (Å²) in [7, 11) is -2.76. The van der Waals surface area contributed by atoms with Crippen LogP contribution in [0.5, 0.6) is 0 Å². The first-order valence-corrected chi connectivity index (χ1v) is 8.53. The second-order valence-electron chi connectivity index (χ2n) is 5.41. The number of aryl methyl sites for hydroxylation is 2. The van der Waals surface area contributed by atoms with Crippen LogP contribution in [-0.4, -0.2) is 26.0 Å². The fourth-order valence-corrected chi connectivity index (χ4v) is 4.42. The van der Waals surface area contributed by atoms with E-state index in [1.165, 1.54) is 30.4 Å². The third-order valence-corrected chi connectivity index (χ3v) is 5.74. The number of nitrogens with one attached hydrogen (secondary N) is 1. The van der Waals surface area contributed by atoms with E-state index in [2.05, 4.69) is 23.5 Å². The molecule has 0 amide bonds. The van der Waals surface area contributed by atoms with Crippen LogP contribution < -0.4 is 5.32 Å². The first kappa shape index (κ1) is 12.0. The van der Waals surface area contributed by atoms with Crippen molar-refractivity contribution < 1.29 is 8.42 Å². The largest absolute Gasteiger partial charge is 0.382 e. The van der Waals surface area contributed by atoms with Gasteiger partial charge in [0.1, 0.15) is 9.84 Å². The van der Waals surface area contributed by atoms with Crippen molar-refractivity contribution in [1.82, 2.24) is 0 Å². The number of hydrogen-bond donors (Lipinski definition) is 1. The molecule has 0 saturated carbocycles. The standard InChI is InChI=1S/C14H19NO2S/c16-18(17)8-6-13(7-9-18)15-14-5-4-11-2-1-3-12(11)10-14/h4-5,10,13,15H,1-3,6-9H2. The molecule has 1 aliphatic heterocycles. The van der Waals surface area contributed by atoms with E-state index in [0.717, 1.165) is 18.5 Å². The Labute approximate surface area is 109 Å². The second kappa shape index (κ2) is 4.57. The highest BCUT2D eigenvalue weighted by molar-refractivity contribution is 7.91. The minimum Gasteiger partial charge on any atom is -0.382 e. The summed E-state index contributed by atoms with van der Waals surface area (Å²) in [6.45, 7) is 0. The molecule has 3 nitrogen and oxygen atoms in total. The third kappa shape index (κ3) is 2.53. The van der Waals surface area contributed by atoms with Crippen LogP contribution in [0.3, 0.4) is 0 Å². The molecule has 1 heterocycles. The summed E-state index contributed by atoms with van der Waals surface area (Å²) in [6.07, 6.45) is 5.13. The molecule has 1 aromatic carbocycles. The van der Waals surface area contributed by atoms with Gasteiger partial charge in [0.15, 0.2) is 0 Å². The number of rotatable bonds is 2. The lowest BCUT2D eigenvalue weighted by molar-refractivity contribution is 0.559. The van der Waals surface area contributed by atoms with E-state index in [4.69, 9.17) is 0 Å². The molecule has 2 aliphatic rings. The van der Waals surface area contributed by atoms with Gasteiger partial charge in [-0.1, -0.05) is 6.07 Å². The average Bonchev–Trinajstić information content (AvgIpc) is 2.79. The van der Waals surface area contributed by atoms with Gasteiger partial charge in [0.25, 0.3) is 0 Å². The van der Waals surface area contributed by atoms with Crippen molar-refractivity contribution in [2.45, 2.75) is 38.1 Å². The smallest absolute Gasteiger partial charge is 0.150 e. The zero-order valence-electron chi connectivity index (χ0n) is 10.5. The minimum absolute atomic E-state index is 0.313. The van der Waals surface area contributed by atoms with Gasteiger partial charge < -0.3 is 5.32 Å². The molecule has 0 unspecified atom stereocenters. The predicted octanol–water partition coefficient (Wildman–Crippen LogP) is 2.16. The van der Waals surface area contributed by atoms with Crippen LogP contribution in [0.2, 0.25) is 0 Å². The molecular formula is C14H19NO2S. The Kier molecular flexibility index (Phi) is 3.06. The first-order chi connectivity index (χ1) is 8.62. The molecule has 1 N–H and O–H groups in total. The van der Waals surface area contributed by atoms with Crippen molar-refractivity contribution in [2.75, 3.05) is 16.8 Å². The van der Waals surface area contributed by atoms with Gasteiger partial charge in [0.2, 0.25) is 0 Å². The molecule has 0 aromatic heterocycles. The number of benzene rings is 1. The van der Waals surface area contributed by atoms with Gasteiger partial charge in [-0.15, -0.1) is 0 Å². The van der Waals surface area contributed by atoms with Crippen LogP contribution in [-0.2, 0) is 22.7 Å². The second-order valence-corrected chi connectivity index (χ2v) is 7.71. The number of anilines is 1. The van der Waals surface area contributed by atoms with Gasteiger partial charge >= 0.3 is 0 Å². The lowest BCUT2D eigenvalue weighted by Gasteiger charge is -2.24. The van der Waals surface area contributed by atoms with Crippen LogP contribution in [0, 0.1) is 0 Å². The lowest BCUT2D eigenvalue weighted by Crippen LogP contribution is -2.32. The molecule has 0 spiro atoms. The number of fused-ring (bicyclic) bond motifs is 1. The molecule has 0 radical (unpaired) electrons. The van der Waals surface area contributed by atoms with E-state index in [9.17, 15) is 8.42 Å². The normalized spacial score (nSPS) is 22.7. The van der Waals surface area contributed by atoms with Crippen molar-refractivity contribution in [3.63, 3.8) is 0 Å². The zero-order chi connectivity index (χ0) is 12.6. The van der Waals surface area contributed by atoms with Crippen molar-refractivity contribution >= 4 is 15.5 Å². The zero-order valence-corrected chi connectivity index (χ0v) is 11.3. The molecule has 1 fully saturated rings. The summed E-state index contributed by atoms with van der Waals surface area (Å²) >= 11 is 0. The Morgan fingerprint density at radius 3 is 2.56 bits per heavy atom. The van der Waals surface area contributed by atoms with Crippen molar-refractivity contribution in [3.05, 3.63) is 29.3 Å². The number of sulfone groups is 1. The maximum Gasteiger partial charge on any atom is 0.150 e. The van der Waals surface area contributed by atoms with E-state index in [0.29, 0.717) is 17.5 Å². The van der Waals surface area contributed by atoms with Crippen LogP contribution in [0.4, 0.5) is 5.69 Å². The Balaban J connectivity index is 1.67. The molecule has 1 aromatic rings. The van der Waals surface area contributed by atoms with Gasteiger partial charge in [-0.05, 0) is 55.4 Å². The van der Waals surface area contributed by atoms with Crippen LogP contribution in [0.15, 0.2) is 18.2 Å². The van der Waals surface area contributed by atoms with E-state index < -0.39 is 9.84 Å². The first-order valence-electron chi connectivity index (χ1n) is 6.71. The topological polar surface area (TPSA) is 46.2 Å². The molecular weight excluding hydrogens is 246 g/mol. The molecule has 18 heavy (non-hydrogen) atoms. The summed E-state index contributed by atoms with van der Waals surface area (Å²) < 4.78 is 22.7. The van der Waals surface area contributed by atoms with Crippen molar-refractivity contribution in [2.24, 2.45) is 0 Å². The van der Waals surface area contributed by atoms with Gasteiger partial charge in [-0.2, -0.15) is 0 Å². The van der Waals surface area contributed by atoms with E-state index >= 15 is 0 Å². The monoisotopic (exact) mass is 265 g/mol. The molecule has 0 bridgehead atoms. The fraction of sp³-hybridized carbons (Fsp3) is 0.571. The Morgan fingerprint density at radius 2 is 1.78 bits per heavy atom. The van der Waals surface area contributed by atoms with Crippen LogP contribution >= 0.6 is 0 Å². The highest BCUT2D eigenvalue weighted by Gasteiger charge is 2.23. The molecule has 3 rings (SSSR count). The average molecular weight is 265 g/mol. The van der Waals surface area contributed by atoms with E-state index in [-0.39, 0.29) is 0 Å². The quantitative estimate of drug-likeness (QED) is 0.891. The summed E-state index contributed by atoms with van der Waals surface area (Å²) in [5, 5.41) is 3.48. The maximum atomic E-state index is 11.4. The minimum atomic E-state index is -2.76. The van der Waals surface area contributed by atoms with Crippen molar-refractivity contribution in [1.29, 1.82) is 0 Å². The SMILES string of the molecule is O=S1(=O)CCC(Nc2ccc3c(c2)CCC3)CC1. The van der Waals surface area contributed by atoms with Crippen LogP contribution in [0.1, 0.15) is 30.4 Å². The third-order valence-electron chi connectivity index (χ3n) is 4.02. The fourth-order valence-electron chi connectivity index (χ4n) is 2.93. The Bertz CT molecular complexity index is 537. The summed E-state index contributed by atoms with van der Waals surface area (Å²) in [5.41, 5.74) is 4.09. The van der Waals surface area contributed by atoms with Gasteiger partial charge in [0, 0.05) is 11.7 Å². The van der Waals surface area contributed by atoms with Gasteiger partial charge in [-0.25, -0.2) is 8.42 Å². The summed E-state index contributed by atoms with van der Waals surface area (Å²) in [6, 6.07) is 6.90. The highest BCUT2D eigenvalue weighted by atomic mass is 32.2. The van der Waals surface area contributed by atoms with Crippen LogP contribution in [0.25, 0.3) is 0 Å². The maximum absolute atomic E-state index is 11.4. The Hall–Kier alpha value is -1.03. The molecule has 0 atom stereocenters. The molecule has 1 aliphatic carbocycles. The number of hydrogen-bond acceptors (Lipinski definition) is 3.